The highest BCUT2D eigenvalue weighted by atomic mass is 16.5. The molecule has 1 aliphatic heterocycles. The maximum absolute atomic E-state index is 12.6. The molecule has 0 spiro atoms. The van der Waals surface area contributed by atoms with Crippen LogP contribution >= 0.6 is 0 Å². The van der Waals surface area contributed by atoms with Gasteiger partial charge in [-0.3, -0.25) is 9.59 Å². The predicted octanol–water partition coefficient (Wildman–Crippen LogP) is 3.04. The molecule has 5 heteroatoms. The van der Waals surface area contributed by atoms with E-state index in [4.69, 9.17) is 4.74 Å². The molecule has 2 amide bonds. The number of rotatable bonds is 4. The molecule has 0 saturated carbocycles. The summed E-state index contributed by atoms with van der Waals surface area (Å²) in [6, 6.07) is 14.8. The summed E-state index contributed by atoms with van der Waals surface area (Å²) in [5, 5.41) is 3.08. The molecule has 0 radical (unpaired) electrons. The molecule has 5 nitrogen and oxygen atoms in total. The fourth-order valence-corrected chi connectivity index (χ4v) is 3.20. The number of nitrogens with one attached hydrogen (secondary N) is 1. The Labute approximate surface area is 154 Å². The second-order valence-corrected chi connectivity index (χ2v) is 6.64. The van der Waals surface area contributed by atoms with E-state index in [9.17, 15) is 9.59 Å². The Morgan fingerprint density at radius 3 is 2.35 bits per heavy atom. The van der Waals surface area contributed by atoms with E-state index in [-0.39, 0.29) is 17.9 Å². The molecule has 0 aromatic heterocycles. The van der Waals surface area contributed by atoms with Gasteiger partial charge in [0.25, 0.3) is 11.8 Å². The zero-order chi connectivity index (χ0) is 18.5. The van der Waals surface area contributed by atoms with Crippen molar-refractivity contribution in [1.29, 1.82) is 0 Å². The van der Waals surface area contributed by atoms with Crippen LogP contribution in [-0.2, 0) is 0 Å². The largest absolute Gasteiger partial charge is 0.497 e. The van der Waals surface area contributed by atoms with Crippen molar-refractivity contribution in [3.05, 3.63) is 65.2 Å². The van der Waals surface area contributed by atoms with Crippen molar-refractivity contribution in [3.63, 3.8) is 0 Å². The van der Waals surface area contributed by atoms with Gasteiger partial charge >= 0.3 is 0 Å². The molecule has 1 saturated heterocycles. The highest BCUT2D eigenvalue weighted by Crippen LogP contribution is 2.17. The number of hydrogen-bond acceptors (Lipinski definition) is 3. The van der Waals surface area contributed by atoms with E-state index in [1.807, 2.05) is 36.1 Å². The van der Waals surface area contributed by atoms with Gasteiger partial charge in [-0.2, -0.15) is 0 Å². The van der Waals surface area contributed by atoms with Crippen molar-refractivity contribution in [2.24, 2.45) is 0 Å². The first-order valence-electron chi connectivity index (χ1n) is 8.87. The Bertz CT molecular complexity index is 778. The zero-order valence-electron chi connectivity index (χ0n) is 15.2. The molecular weight excluding hydrogens is 328 g/mol. The minimum absolute atomic E-state index is 0.0242. The van der Waals surface area contributed by atoms with Crippen molar-refractivity contribution in [3.8, 4) is 5.75 Å². The number of piperidine rings is 1. The molecule has 1 heterocycles. The van der Waals surface area contributed by atoms with Gasteiger partial charge in [-0.25, -0.2) is 0 Å². The molecule has 2 aromatic rings. The average molecular weight is 352 g/mol. The van der Waals surface area contributed by atoms with Crippen molar-refractivity contribution < 1.29 is 14.3 Å². The van der Waals surface area contributed by atoms with Crippen LogP contribution in [0.15, 0.2) is 48.5 Å². The van der Waals surface area contributed by atoms with Gasteiger partial charge in [0.2, 0.25) is 0 Å². The molecule has 1 fully saturated rings. The first kappa shape index (κ1) is 18.0. The third kappa shape index (κ3) is 4.23. The fourth-order valence-electron chi connectivity index (χ4n) is 3.20. The number of aryl methyl sites for hydroxylation is 1. The van der Waals surface area contributed by atoms with Gasteiger partial charge in [0.15, 0.2) is 0 Å². The first-order valence-corrected chi connectivity index (χ1v) is 8.87. The summed E-state index contributed by atoms with van der Waals surface area (Å²) in [5.41, 5.74) is 2.41. The molecule has 2 aromatic carbocycles. The van der Waals surface area contributed by atoms with Crippen LogP contribution in [0.4, 0.5) is 0 Å². The molecule has 3 rings (SSSR count). The summed E-state index contributed by atoms with van der Waals surface area (Å²) in [4.78, 5) is 26.8. The number of nitrogens with zero attached hydrogens (tertiary/aromatic N) is 1. The van der Waals surface area contributed by atoms with Gasteiger partial charge < -0.3 is 15.0 Å². The fraction of sp³-hybridized carbons (Fsp3) is 0.333. The van der Waals surface area contributed by atoms with Crippen LogP contribution < -0.4 is 10.1 Å². The molecule has 0 atom stereocenters. The smallest absolute Gasteiger partial charge is 0.253 e. The van der Waals surface area contributed by atoms with Gasteiger partial charge in [-0.15, -0.1) is 0 Å². The van der Waals surface area contributed by atoms with Crippen LogP contribution in [0, 0.1) is 6.92 Å². The summed E-state index contributed by atoms with van der Waals surface area (Å²) >= 11 is 0. The third-order valence-corrected chi connectivity index (χ3v) is 4.73. The van der Waals surface area contributed by atoms with Crippen LogP contribution in [-0.4, -0.2) is 43.0 Å². The summed E-state index contributed by atoms with van der Waals surface area (Å²) in [7, 11) is 1.60. The number of benzene rings is 2. The SMILES string of the molecule is COc1ccc(C(=O)N2CCC(NC(=O)c3cccc(C)c3)CC2)cc1. The molecular formula is C21H24N2O3. The second kappa shape index (κ2) is 8.04. The number of likely N-dealkylation sites (tertiary alicyclic amines) is 1. The lowest BCUT2D eigenvalue weighted by Gasteiger charge is -2.32. The van der Waals surface area contributed by atoms with E-state index >= 15 is 0 Å². The van der Waals surface area contributed by atoms with E-state index < -0.39 is 0 Å². The van der Waals surface area contributed by atoms with Gasteiger partial charge in [0.05, 0.1) is 7.11 Å². The minimum Gasteiger partial charge on any atom is -0.497 e. The molecule has 0 unspecified atom stereocenters. The lowest BCUT2D eigenvalue weighted by Crippen LogP contribution is -2.46. The quantitative estimate of drug-likeness (QED) is 0.920. The van der Waals surface area contributed by atoms with Crippen LogP contribution in [0.3, 0.4) is 0 Å². The summed E-state index contributed by atoms with van der Waals surface area (Å²) in [6.07, 6.45) is 1.53. The van der Waals surface area contributed by atoms with Crippen molar-refractivity contribution in [2.45, 2.75) is 25.8 Å². The summed E-state index contributed by atoms with van der Waals surface area (Å²) in [5.74, 6) is 0.712. The lowest BCUT2D eigenvalue weighted by atomic mass is 10.0. The van der Waals surface area contributed by atoms with Crippen LogP contribution in [0.2, 0.25) is 0 Å². The Hall–Kier alpha value is -2.82. The normalized spacial score (nSPS) is 14.8. The minimum atomic E-state index is -0.0476. The van der Waals surface area contributed by atoms with Gasteiger partial charge in [0.1, 0.15) is 5.75 Å². The number of ether oxygens (including phenoxy) is 1. The van der Waals surface area contributed by atoms with Crippen LogP contribution in [0.5, 0.6) is 5.75 Å². The Balaban J connectivity index is 1.53. The maximum atomic E-state index is 12.6. The number of methoxy groups -OCH3 is 1. The van der Waals surface area contributed by atoms with Gasteiger partial charge in [-0.05, 0) is 56.2 Å². The zero-order valence-corrected chi connectivity index (χ0v) is 15.2. The molecule has 0 aliphatic carbocycles. The van der Waals surface area contributed by atoms with Gasteiger partial charge in [-0.1, -0.05) is 17.7 Å². The Morgan fingerprint density at radius 2 is 1.73 bits per heavy atom. The maximum Gasteiger partial charge on any atom is 0.253 e. The monoisotopic (exact) mass is 352 g/mol. The molecule has 136 valence electrons. The standard InChI is InChI=1S/C21H24N2O3/c1-15-4-3-5-17(14-15)20(24)22-18-10-12-23(13-11-18)21(25)16-6-8-19(26-2)9-7-16/h3-9,14,18H,10-13H2,1-2H3,(H,22,24). The summed E-state index contributed by atoms with van der Waals surface area (Å²) < 4.78 is 5.12. The Morgan fingerprint density at radius 1 is 1.04 bits per heavy atom. The van der Waals surface area contributed by atoms with E-state index in [2.05, 4.69) is 5.32 Å². The lowest BCUT2D eigenvalue weighted by molar-refractivity contribution is 0.0698. The van der Waals surface area contributed by atoms with E-state index in [1.54, 1.807) is 31.4 Å². The number of amides is 2. The van der Waals surface area contributed by atoms with E-state index in [1.165, 1.54) is 0 Å². The van der Waals surface area contributed by atoms with E-state index in [0.717, 1.165) is 24.2 Å². The van der Waals surface area contributed by atoms with Crippen molar-refractivity contribution >= 4 is 11.8 Å². The average Bonchev–Trinajstić information content (AvgIpc) is 2.68. The summed E-state index contributed by atoms with van der Waals surface area (Å²) in [6.45, 7) is 3.26. The van der Waals surface area contributed by atoms with Crippen LogP contribution in [0.25, 0.3) is 0 Å². The molecule has 1 aliphatic rings. The third-order valence-electron chi connectivity index (χ3n) is 4.73. The highest BCUT2D eigenvalue weighted by molar-refractivity contribution is 5.95. The topological polar surface area (TPSA) is 58.6 Å². The Kier molecular flexibility index (Phi) is 5.56. The van der Waals surface area contributed by atoms with E-state index in [0.29, 0.717) is 24.2 Å². The van der Waals surface area contributed by atoms with Gasteiger partial charge in [0, 0.05) is 30.3 Å². The number of carbonyl (C=O) groups excluding carboxylic acids is 2. The molecule has 26 heavy (non-hydrogen) atoms. The molecule has 1 N–H and O–H groups in total. The van der Waals surface area contributed by atoms with Crippen molar-refractivity contribution in [1.82, 2.24) is 10.2 Å². The first-order chi connectivity index (χ1) is 12.6. The number of hydrogen-bond donors (Lipinski definition) is 1. The highest BCUT2D eigenvalue weighted by Gasteiger charge is 2.24. The number of carbonyl (C=O) groups is 2. The van der Waals surface area contributed by atoms with Crippen LogP contribution in [0.1, 0.15) is 39.1 Å². The predicted molar refractivity (Wildman–Crippen MR) is 101 cm³/mol. The van der Waals surface area contributed by atoms with Crippen molar-refractivity contribution in [2.75, 3.05) is 20.2 Å². The molecule has 0 bridgehead atoms. The second-order valence-electron chi connectivity index (χ2n) is 6.64.